The molecule has 0 fully saturated rings. The van der Waals surface area contributed by atoms with Gasteiger partial charge in [-0.2, -0.15) is 18.3 Å². The highest BCUT2D eigenvalue weighted by Crippen LogP contribution is 2.35. The molecular formula is C22H17F4N5O2. The summed E-state index contributed by atoms with van der Waals surface area (Å²) in [5.74, 6) is -1.11. The second-order valence-corrected chi connectivity index (χ2v) is 7.37. The van der Waals surface area contributed by atoms with E-state index < -0.39 is 35.2 Å². The number of carbonyl (C=O) groups is 1. The number of alkyl halides is 3. The topological polar surface area (TPSA) is 92.7 Å². The molecule has 7 nitrogen and oxygen atoms in total. The predicted molar refractivity (Wildman–Crippen MR) is 112 cm³/mol. The van der Waals surface area contributed by atoms with Crippen molar-refractivity contribution in [2.24, 2.45) is 0 Å². The van der Waals surface area contributed by atoms with Crippen molar-refractivity contribution in [3.8, 4) is 11.1 Å². The van der Waals surface area contributed by atoms with Crippen LogP contribution < -0.4 is 10.9 Å². The number of aromatic nitrogens is 4. The van der Waals surface area contributed by atoms with Crippen LogP contribution in [0, 0.1) is 5.82 Å². The molecule has 0 aliphatic rings. The largest absolute Gasteiger partial charge is 0.433 e. The monoisotopic (exact) mass is 459 g/mol. The Labute approximate surface area is 184 Å². The van der Waals surface area contributed by atoms with E-state index in [1.165, 1.54) is 48.3 Å². The van der Waals surface area contributed by atoms with Crippen LogP contribution in [-0.4, -0.2) is 32.7 Å². The van der Waals surface area contributed by atoms with Gasteiger partial charge in [-0.05, 0) is 48.4 Å². The first-order valence-corrected chi connectivity index (χ1v) is 9.74. The van der Waals surface area contributed by atoms with Gasteiger partial charge in [-0.15, -0.1) is 0 Å². The van der Waals surface area contributed by atoms with Crippen molar-refractivity contribution in [3.05, 3.63) is 81.9 Å². The molecule has 2 N–H and O–H groups in total. The second-order valence-electron chi connectivity index (χ2n) is 7.37. The van der Waals surface area contributed by atoms with Crippen molar-refractivity contribution in [1.29, 1.82) is 0 Å². The molecule has 33 heavy (non-hydrogen) atoms. The van der Waals surface area contributed by atoms with Crippen LogP contribution in [0.25, 0.3) is 22.0 Å². The molecule has 2 aromatic heterocycles. The van der Waals surface area contributed by atoms with E-state index in [9.17, 15) is 27.2 Å². The molecule has 0 bridgehead atoms. The van der Waals surface area contributed by atoms with Crippen molar-refractivity contribution >= 4 is 16.8 Å². The SMILES string of the molecule is CNC(=O)c1cc(F)cc(C(C)n2cnc3cc(-c4cn[nH]c4C(F)(F)F)ccc3c2=O)c1. The fourth-order valence-corrected chi connectivity index (χ4v) is 3.59. The molecule has 1 unspecified atom stereocenters. The number of carbonyl (C=O) groups excluding carboxylic acids is 1. The molecule has 4 aromatic rings. The van der Waals surface area contributed by atoms with Gasteiger partial charge in [0.15, 0.2) is 0 Å². The molecular weight excluding hydrogens is 442 g/mol. The third-order valence-electron chi connectivity index (χ3n) is 5.33. The molecule has 0 aliphatic carbocycles. The third kappa shape index (κ3) is 4.09. The highest BCUT2D eigenvalue weighted by Gasteiger charge is 2.36. The zero-order valence-electron chi connectivity index (χ0n) is 17.4. The van der Waals surface area contributed by atoms with Gasteiger partial charge < -0.3 is 5.32 Å². The summed E-state index contributed by atoms with van der Waals surface area (Å²) >= 11 is 0. The maximum Gasteiger partial charge on any atom is 0.433 e. The molecule has 0 spiro atoms. The number of amides is 1. The first-order valence-electron chi connectivity index (χ1n) is 9.74. The number of H-pyrrole nitrogens is 1. The number of hydrogen-bond acceptors (Lipinski definition) is 4. The number of nitrogens with zero attached hydrogens (tertiary/aromatic N) is 3. The summed E-state index contributed by atoms with van der Waals surface area (Å²) in [5.41, 5.74) is -0.754. The van der Waals surface area contributed by atoms with Crippen LogP contribution in [0.15, 0.2) is 53.7 Å². The van der Waals surface area contributed by atoms with E-state index in [0.29, 0.717) is 5.56 Å². The summed E-state index contributed by atoms with van der Waals surface area (Å²) < 4.78 is 54.9. The maximum absolute atomic E-state index is 14.1. The number of aromatic amines is 1. The van der Waals surface area contributed by atoms with Crippen molar-refractivity contribution in [3.63, 3.8) is 0 Å². The average molecular weight is 459 g/mol. The van der Waals surface area contributed by atoms with Crippen LogP contribution >= 0.6 is 0 Å². The number of fused-ring (bicyclic) bond motifs is 1. The van der Waals surface area contributed by atoms with E-state index in [0.717, 1.165) is 12.3 Å². The van der Waals surface area contributed by atoms with Crippen LogP contribution in [0.2, 0.25) is 0 Å². The summed E-state index contributed by atoms with van der Waals surface area (Å²) in [4.78, 5) is 29.2. The van der Waals surface area contributed by atoms with Gasteiger partial charge in [0.05, 0.1) is 29.5 Å². The van der Waals surface area contributed by atoms with Crippen molar-refractivity contribution in [2.75, 3.05) is 7.05 Å². The lowest BCUT2D eigenvalue weighted by Crippen LogP contribution is -2.25. The predicted octanol–water partition coefficient (Wildman–Crippen LogP) is 3.91. The minimum atomic E-state index is -4.62. The Balaban J connectivity index is 1.77. The lowest BCUT2D eigenvalue weighted by molar-refractivity contribution is -0.140. The van der Waals surface area contributed by atoms with E-state index in [1.807, 2.05) is 5.10 Å². The Kier molecular flexibility index (Phi) is 5.48. The number of nitrogens with one attached hydrogen (secondary N) is 2. The molecule has 1 amide bonds. The lowest BCUT2D eigenvalue weighted by atomic mass is 10.0. The van der Waals surface area contributed by atoms with Crippen molar-refractivity contribution in [1.82, 2.24) is 25.1 Å². The summed E-state index contributed by atoms with van der Waals surface area (Å²) in [6.45, 7) is 1.65. The molecule has 0 saturated heterocycles. The number of halogens is 4. The average Bonchev–Trinajstić information content (AvgIpc) is 3.28. The summed E-state index contributed by atoms with van der Waals surface area (Å²) in [5, 5.41) is 8.01. The zero-order valence-corrected chi connectivity index (χ0v) is 17.4. The van der Waals surface area contributed by atoms with Crippen molar-refractivity contribution in [2.45, 2.75) is 19.1 Å². The van der Waals surface area contributed by atoms with Gasteiger partial charge in [0.25, 0.3) is 11.5 Å². The Bertz CT molecular complexity index is 1420. The van der Waals surface area contributed by atoms with Gasteiger partial charge in [0.2, 0.25) is 0 Å². The number of rotatable bonds is 4. The fraction of sp³-hybridized carbons (Fsp3) is 0.182. The normalized spacial score (nSPS) is 12.7. The number of benzene rings is 2. The Hall–Kier alpha value is -4.02. The first-order chi connectivity index (χ1) is 15.6. The maximum atomic E-state index is 14.1. The molecule has 2 heterocycles. The molecule has 0 aliphatic heterocycles. The van der Waals surface area contributed by atoms with Crippen molar-refractivity contribution < 1.29 is 22.4 Å². The minimum absolute atomic E-state index is 0.103. The van der Waals surface area contributed by atoms with E-state index >= 15 is 0 Å². The lowest BCUT2D eigenvalue weighted by Gasteiger charge is -2.17. The quantitative estimate of drug-likeness (QED) is 0.453. The summed E-state index contributed by atoms with van der Waals surface area (Å²) in [7, 11) is 1.42. The third-order valence-corrected chi connectivity index (χ3v) is 5.33. The van der Waals surface area contributed by atoms with E-state index in [4.69, 9.17) is 0 Å². The summed E-state index contributed by atoms with van der Waals surface area (Å²) in [6.07, 6.45) is -2.32. The van der Waals surface area contributed by atoms with Gasteiger partial charge >= 0.3 is 6.18 Å². The highest BCUT2D eigenvalue weighted by molar-refractivity contribution is 5.94. The molecule has 0 saturated carbocycles. The molecule has 11 heteroatoms. The van der Waals surface area contributed by atoms with E-state index in [1.54, 1.807) is 6.92 Å². The molecule has 4 rings (SSSR count). The zero-order chi connectivity index (χ0) is 23.9. The minimum Gasteiger partial charge on any atom is -0.355 e. The Morgan fingerprint density at radius 1 is 1.18 bits per heavy atom. The van der Waals surface area contributed by atoms with Crippen LogP contribution in [0.4, 0.5) is 17.6 Å². The molecule has 0 radical (unpaired) electrons. The van der Waals surface area contributed by atoms with Gasteiger partial charge in [-0.1, -0.05) is 6.07 Å². The summed E-state index contributed by atoms with van der Waals surface area (Å²) in [6, 6.07) is 7.25. The van der Waals surface area contributed by atoms with Gasteiger partial charge in [-0.3, -0.25) is 19.3 Å². The van der Waals surface area contributed by atoms with E-state index in [-0.39, 0.29) is 27.6 Å². The Morgan fingerprint density at radius 3 is 2.64 bits per heavy atom. The molecule has 1 atom stereocenters. The van der Waals surface area contributed by atoms with Gasteiger partial charge in [0.1, 0.15) is 11.5 Å². The molecule has 170 valence electrons. The Morgan fingerprint density at radius 2 is 1.94 bits per heavy atom. The van der Waals surface area contributed by atoms with Crippen LogP contribution in [0.3, 0.4) is 0 Å². The second kappa shape index (κ2) is 8.15. The number of hydrogen-bond donors (Lipinski definition) is 2. The van der Waals surface area contributed by atoms with Crippen LogP contribution in [-0.2, 0) is 6.18 Å². The highest BCUT2D eigenvalue weighted by atomic mass is 19.4. The first kappa shape index (κ1) is 22.2. The standard InChI is InChI=1S/C22H17F4N5O2/c1-11(13-5-14(20(32)27-2)7-15(23)6-13)31-10-28-18-8-12(3-4-16(18)21(31)33)17-9-29-30-19(17)22(24,25)26/h3-11H,1-2H3,(H,27,32)(H,29,30). The fourth-order valence-electron chi connectivity index (χ4n) is 3.59. The smallest absolute Gasteiger partial charge is 0.355 e. The van der Waals surface area contributed by atoms with Crippen LogP contribution in [0.1, 0.15) is 34.6 Å². The van der Waals surface area contributed by atoms with Gasteiger partial charge in [-0.25, -0.2) is 9.37 Å². The molecule has 2 aromatic carbocycles. The van der Waals surface area contributed by atoms with Crippen LogP contribution in [0.5, 0.6) is 0 Å². The van der Waals surface area contributed by atoms with Gasteiger partial charge in [0, 0.05) is 18.2 Å². The van der Waals surface area contributed by atoms with E-state index in [2.05, 4.69) is 15.4 Å².